The third-order valence-corrected chi connectivity index (χ3v) is 4.10. The molecule has 1 heterocycles. The molecule has 0 unspecified atom stereocenters. The number of anilines is 1. The number of tetrazole rings is 1. The van der Waals surface area contributed by atoms with Crippen molar-refractivity contribution < 1.29 is 13.9 Å². The summed E-state index contributed by atoms with van der Waals surface area (Å²) >= 11 is 0. The highest BCUT2D eigenvalue weighted by atomic mass is 19.1. The highest BCUT2D eigenvalue weighted by Gasteiger charge is 2.11. The standard InChI is InChI=1S/C20H24FN5O2/c1-13(2)12-28-20-9-15(5-8-19(20)27-4)11-22-16-6-7-17(21)18(10-16)26-14(3)23-24-25-26/h5-10,13,22H,11-12H2,1-4H3. The molecule has 1 aromatic heterocycles. The normalized spacial score (nSPS) is 10.9. The maximum atomic E-state index is 14.2. The summed E-state index contributed by atoms with van der Waals surface area (Å²) in [5.74, 6) is 1.94. The van der Waals surface area contributed by atoms with Crippen molar-refractivity contribution >= 4 is 5.69 Å². The van der Waals surface area contributed by atoms with Crippen LogP contribution in [0.5, 0.6) is 11.5 Å². The van der Waals surface area contributed by atoms with Gasteiger partial charge >= 0.3 is 0 Å². The van der Waals surface area contributed by atoms with Crippen molar-refractivity contribution in [3.05, 3.63) is 53.6 Å². The molecule has 0 amide bonds. The molecule has 0 aliphatic rings. The Kier molecular flexibility index (Phi) is 6.08. The quantitative estimate of drug-likeness (QED) is 0.636. The van der Waals surface area contributed by atoms with Crippen LogP contribution in [0.3, 0.4) is 0 Å². The number of rotatable bonds is 8. The summed E-state index contributed by atoms with van der Waals surface area (Å²) < 4.78 is 26.8. The molecule has 0 aliphatic heterocycles. The van der Waals surface area contributed by atoms with Gasteiger partial charge in [0.05, 0.1) is 13.7 Å². The van der Waals surface area contributed by atoms with Crippen LogP contribution in [0.25, 0.3) is 5.69 Å². The lowest BCUT2D eigenvalue weighted by atomic mass is 10.2. The molecular weight excluding hydrogens is 361 g/mol. The van der Waals surface area contributed by atoms with Crippen molar-refractivity contribution in [1.82, 2.24) is 20.2 Å². The lowest BCUT2D eigenvalue weighted by molar-refractivity contribution is 0.256. The summed E-state index contributed by atoms with van der Waals surface area (Å²) in [4.78, 5) is 0. The third-order valence-electron chi connectivity index (χ3n) is 4.10. The molecule has 148 valence electrons. The average molecular weight is 385 g/mol. The smallest absolute Gasteiger partial charge is 0.161 e. The van der Waals surface area contributed by atoms with Crippen LogP contribution in [0.4, 0.5) is 10.1 Å². The van der Waals surface area contributed by atoms with E-state index in [2.05, 4.69) is 34.7 Å². The van der Waals surface area contributed by atoms with Gasteiger partial charge in [0.1, 0.15) is 11.5 Å². The zero-order valence-corrected chi connectivity index (χ0v) is 16.4. The fourth-order valence-corrected chi connectivity index (χ4v) is 2.64. The Morgan fingerprint density at radius 2 is 1.96 bits per heavy atom. The minimum absolute atomic E-state index is 0.295. The second-order valence-electron chi connectivity index (χ2n) is 6.85. The zero-order valence-electron chi connectivity index (χ0n) is 16.4. The SMILES string of the molecule is COc1ccc(CNc2ccc(F)c(-n3nnnc3C)c2)cc1OCC(C)C. The van der Waals surface area contributed by atoms with Crippen LogP contribution >= 0.6 is 0 Å². The molecular formula is C20H24FN5O2. The maximum absolute atomic E-state index is 14.2. The van der Waals surface area contributed by atoms with E-state index in [1.54, 1.807) is 26.2 Å². The number of ether oxygens (including phenoxy) is 2. The molecule has 0 radical (unpaired) electrons. The van der Waals surface area contributed by atoms with Crippen LogP contribution in [0.15, 0.2) is 36.4 Å². The van der Waals surface area contributed by atoms with Crippen LogP contribution in [0.2, 0.25) is 0 Å². The molecule has 2 aromatic carbocycles. The topological polar surface area (TPSA) is 74.1 Å². The van der Waals surface area contributed by atoms with Crippen LogP contribution in [-0.2, 0) is 6.54 Å². The number of methoxy groups -OCH3 is 1. The van der Waals surface area contributed by atoms with Gasteiger partial charge in [-0.15, -0.1) is 5.10 Å². The lowest BCUT2D eigenvalue weighted by Crippen LogP contribution is -2.07. The first-order chi connectivity index (χ1) is 13.5. The summed E-state index contributed by atoms with van der Waals surface area (Å²) in [6.45, 7) is 7.06. The molecule has 0 saturated carbocycles. The minimum Gasteiger partial charge on any atom is -0.493 e. The van der Waals surface area contributed by atoms with E-state index in [0.29, 0.717) is 42.1 Å². The molecule has 8 heteroatoms. The molecule has 28 heavy (non-hydrogen) atoms. The van der Waals surface area contributed by atoms with E-state index in [1.807, 2.05) is 18.2 Å². The van der Waals surface area contributed by atoms with Gasteiger partial charge in [-0.25, -0.2) is 4.39 Å². The van der Waals surface area contributed by atoms with Crippen molar-refractivity contribution in [1.29, 1.82) is 0 Å². The Balaban J connectivity index is 1.75. The maximum Gasteiger partial charge on any atom is 0.161 e. The van der Waals surface area contributed by atoms with E-state index in [9.17, 15) is 4.39 Å². The van der Waals surface area contributed by atoms with E-state index < -0.39 is 5.82 Å². The summed E-state index contributed by atoms with van der Waals surface area (Å²) in [5.41, 5.74) is 2.07. The summed E-state index contributed by atoms with van der Waals surface area (Å²) in [7, 11) is 1.62. The highest BCUT2D eigenvalue weighted by molar-refractivity contribution is 5.52. The Morgan fingerprint density at radius 1 is 1.14 bits per heavy atom. The molecule has 0 fully saturated rings. The Morgan fingerprint density at radius 3 is 2.64 bits per heavy atom. The van der Waals surface area contributed by atoms with Gasteiger partial charge in [-0.1, -0.05) is 19.9 Å². The predicted molar refractivity (Wildman–Crippen MR) is 105 cm³/mol. The molecule has 3 rings (SSSR count). The molecule has 0 aliphatic carbocycles. The third kappa shape index (κ3) is 4.57. The van der Waals surface area contributed by atoms with Gasteiger partial charge in [-0.2, -0.15) is 4.68 Å². The number of halogens is 1. The van der Waals surface area contributed by atoms with E-state index in [0.717, 1.165) is 11.3 Å². The number of aromatic nitrogens is 4. The predicted octanol–water partition coefficient (Wildman–Crippen LogP) is 3.77. The van der Waals surface area contributed by atoms with Crippen molar-refractivity contribution in [3.8, 4) is 17.2 Å². The minimum atomic E-state index is -0.394. The molecule has 0 atom stereocenters. The van der Waals surface area contributed by atoms with Gasteiger partial charge in [0.15, 0.2) is 17.3 Å². The van der Waals surface area contributed by atoms with Gasteiger partial charge in [0.2, 0.25) is 0 Å². The zero-order chi connectivity index (χ0) is 20.1. The average Bonchev–Trinajstić information content (AvgIpc) is 3.11. The molecule has 3 aromatic rings. The number of hydrogen-bond acceptors (Lipinski definition) is 6. The number of aryl methyl sites for hydroxylation is 1. The molecule has 7 nitrogen and oxygen atoms in total. The van der Waals surface area contributed by atoms with E-state index in [-0.39, 0.29) is 0 Å². The van der Waals surface area contributed by atoms with Crippen molar-refractivity contribution in [2.24, 2.45) is 5.92 Å². The number of nitrogens with one attached hydrogen (secondary N) is 1. The van der Waals surface area contributed by atoms with Crippen molar-refractivity contribution in [2.75, 3.05) is 19.0 Å². The molecule has 1 N–H and O–H groups in total. The fourth-order valence-electron chi connectivity index (χ4n) is 2.64. The number of nitrogens with zero attached hydrogens (tertiary/aromatic N) is 4. The van der Waals surface area contributed by atoms with Crippen LogP contribution < -0.4 is 14.8 Å². The Hall–Kier alpha value is -3.16. The van der Waals surface area contributed by atoms with Gasteiger partial charge in [-0.05, 0) is 59.2 Å². The van der Waals surface area contributed by atoms with Gasteiger partial charge < -0.3 is 14.8 Å². The number of hydrogen-bond donors (Lipinski definition) is 1. The summed E-state index contributed by atoms with van der Waals surface area (Å²) in [5, 5.41) is 14.5. The van der Waals surface area contributed by atoms with E-state index >= 15 is 0 Å². The molecule has 0 saturated heterocycles. The second-order valence-corrected chi connectivity index (χ2v) is 6.85. The summed E-state index contributed by atoms with van der Waals surface area (Å²) in [6.07, 6.45) is 0. The van der Waals surface area contributed by atoms with Crippen molar-refractivity contribution in [3.63, 3.8) is 0 Å². The first-order valence-corrected chi connectivity index (χ1v) is 9.06. The fraction of sp³-hybridized carbons (Fsp3) is 0.350. The first-order valence-electron chi connectivity index (χ1n) is 9.06. The van der Waals surface area contributed by atoms with Crippen LogP contribution in [0, 0.1) is 18.7 Å². The van der Waals surface area contributed by atoms with Gasteiger partial charge in [0.25, 0.3) is 0 Å². The van der Waals surface area contributed by atoms with Crippen LogP contribution in [-0.4, -0.2) is 33.9 Å². The van der Waals surface area contributed by atoms with Gasteiger partial charge in [0, 0.05) is 12.2 Å². The largest absolute Gasteiger partial charge is 0.493 e. The van der Waals surface area contributed by atoms with Gasteiger partial charge in [-0.3, -0.25) is 0 Å². The Bertz CT molecular complexity index is 942. The first kappa shape index (κ1) is 19.6. The summed E-state index contributed by atoms with van der Waals surface area (Å²) in [6, 6.07) is 10.5. The van der Waals surface area contributed by atoms with Crippen LogP contribution in [0.1, 0.15) is 25.2 Å². The molecule has 0 bridgehead atoms. The highest BCUT2D eigenvalue weighted by Crippen LogP contribution is 2.29. The number of benzene rings is 2. The lowest BCUT2D eigenvalue weighted by Gasteiger charge is -2.15. The second kappa shape index (κ2) is 8.69. The van der Waals surface area contributed by atoms with E-state index in [4.69, 9.17) is 9.47 Å². The van der Waals surface area contributed by atoms with Crippen molar-refractivity contribution in [2.45, 2.75) is 27.3 Å². The van der Waals surface area contributed by atoms with E-state index in [1.165, 1.54) is 10.7 Å². The Labute approximate surface area is 163 Å². The molecule has 0 spiro atoms. The monoisotopic (exact) mass is 385 g/mol.